The number of carbonyl (C=O) groups is 1. The lowest BCUT2D eigenvalue weighted by Gasteiger charge is -2.12. The summed E-state index contributed by atoms with van der Waals surface area (Å²) < 4.78 is 27.4. The minimum absolute atomic E-state index is 0.0168. The SMILES string of the molecule is C=CCSCC(=O)Nc1cc(S(=O)(=O)Nc2cccc(Cl)c2)ccc1O. The Bertz CT molecular complexity index is 917. The number of halogens is 1. The van der Waals surface area contributed by atoms with E-state index >= 15 is 0 Å². The molecular weight excluding hydrogens is 396 g/mol. The second-order valence-electron chi connectivity index (χ2n) is 5.15. The predicted molar refractivity (Wildman–Crippen MR) is 107 cm³/mol. The molecule has 0 aromatic heterocycles. The zero-order valence-electron chi connectivity index (χ0n) is 13.6. The maximum Gasteiger partial charge on any atom is 0.261 e. The Morgan fingerprint density at radius 3 is 2.73 bits per heavy atom. The van der Waals surface area contributed by atoms with E-state index in [1.807, 2.05) is 0 Å². The van der Waals surface area contributed by atoms with Gasteiger partial charge in [0.1, 0.15) is 5.75 Å². The Morgan fingerprint density at radius 1 is 1.27 bits per heavy atom. The van der Waals surface area contributed by atoms with Crippen LogP contribution in [0.2, 0.25) is 5.02 Å². The van der Waals surface area contributed by atoms with E-state index in [4.69, 9.17) is 11.6 Å². The van der Waals surface area contributed by atoms with Gasteiger partial charge < -0.3 is 10.4 Å². The van der Waals surface area contributed by atoms with Crippen molar-refractivity contribution in [1.82, 2.24) is 0 Å². The smallest absolute Gasteiger partial charge is 0.261 e. The molecule has 6 nitrogen and oxygen atoms in total. The van der Waals surface area contributed by atoms with Crippen LogP contribution in [-0.4, -0.2) is 30.9 Å². The molecule has 0 radical (unpaired) electrons. The van der Waals surface area contributed by atoms with Crippen LogP contribution in [0.3, 0.4) is 0 Å². The molecule has 1 amide bonds. The van der Waals surface area contributed by atoms with Gasteiger partial charge >= 0.3 is 0 Å². The molecule has 0 aliphatic rings. The Morgan fingerprint density at radius 2 is 2.04 bits per heavy atom. The first-order valence-electron chi connectivity index (χ1n) is 7.42. The molecular formula is C17H17ClN2O4S2. The summed E-state index contributed by atoms with van der Waals surface area (Å²) in [4.78, 5) is 11.8. The summed E-state index contributed by atoms with van der Waals surface area (Å²) in [7, 11) is -3.92. The number of hydrogen-bond acceptors (Lipinski definition) is 5. The molecule has 0 atom stereocenters. The van der Waals surface area contributed by atoms with Crippen molar-refractivity contribution in [3.8, 4) is 5.75 Å². The lowest BCUT2D eigenvalue weighted by Crippen LogP contribution is -2.16. The molecule has 2 aromatic carbocycles. The summed E-state index contributed by atoms with van der Waals surface area (Å²) in [5.41, 5.74) is 0.320. The molecule has 2 rings (SSSR count). The molecule has 26 heavy (non-hydrogen) atoms. The molecule has 0 heterocycles. The molecule has 0 spiro atoms. The van der Waals surface area contributed by atoms with Crippen LogP contribution in [0, 0.1) is 0 Å². The molecule has 0 fully saturated rings. The number of anilines is 2. The van der Waals surface area contributed by atoms with Crippen molar-refractivity contribution in [2.75, 3.05) is 21.5 Å². The fourth-order valence-electron chi connectivity index (χ4n) is 1.97. The van der Waals surface area contributed by atoms with E-state index in [9.17, 15) is 18.3 Å². The number of rotatable bonds is 8. The van der Waals surface area contributed by atoms with E-state index < -0.39 is 10.0 Å². The monoisotopic (exact) mass is 412 g/mol. The number of sulfonamides is 1. The minimum atomic E-state index is -3.92. The van der Waals surface area contributed by atoms with Crippen molar-refractivity contribution in [3.05, 3.63) is 60.1 Å². The lowest BCUT2D eigenvalue weighted by atomic mass is 10.3. The molecule has 0 aliphatic heterocycles. The molecule has 2 aromatic rings. The average molecular weight is 413 g/mol. The summed E-state index contributed by atoms with van der Waals surface area (Å²) in [6, 6.07) is 9.91. The summed E-state index contributed by atoms with van der Waals surface area (Å²) in [6.45, 7) is 3.56. The number of phenolic OH excluding ortho intramolecular Hbond substituents is 1. The molecule has 0 saturated carbocycles. The van der Waals surface area contributed by atoms with E-state index in [0.717, 1.165) is 0 Å². The standard InChI is InChI=1S/C17H17ClN2O4S2/c1-2-8-25-11-17(22)19-15-10-14(6-7-16(15)21)26(23,24)20-13-5-3-4-12(18)9-13/h2-7,9-10,20-21H,1,8,11H2,(H,19,22). The number of amides is 1. The Labute approximate surface area is 161 Å². The van der Waals surface area contributed by atoms with Crippen molar-refractivity contribution in [1.29, 1.82) is 0 Å². The fraction of sp³-hybridized carbons (Fsp3) is 0.118. The van der Waals surface area contributed by atoms with Crippen LogP contribution in [0.5, 0.6) is 5.75 Å². The predicted octanol–water partition coefficient (Wildman–Crippen LogP) is 3.70. The molecule has 0 unspecified atom stereocenters. The molecule has 3 N–H and O–H groups in total. The number of nitrogens with one attached hydrogen (secondary N) is 2. The molecule has 0 bridgehead atoms. The van der Waals surface area contributed by atoms with Gasteiger partial charge in [-0.05, 0) is 36.4 Å². The van der Waals surface area contributed by atoms with Gasteiger partial charge in [0, 0.05) is 10.8 Å². The number of carbonyl (C=O) groups excluding carboxylic acids is 1. The highest BCUT2D eigenvalue weighted by atomic mass is 35.5. The third kappa shape index (κ3) is 5.69. The van der Waals surface area contributed by atoms with Crippen LogP contribution in [0.4, 0.5) is 11.4 Å². The summed E-state index contributed by atoms with van der Waals surface area (Å²) in [6.07, 6.45) is 1.67. The first-order chi connectivity index (χ1) is 12.3. The number of aromatic hydroxyl groups is 1. The highest BCUT2D eigenvalue weighted by Crippen LogP contribution is 2.28. The highest BCUT2D eigenvalue weighted by molar-refractivity contribution is 8.00. The largest absolute Gasteiger partial charge is 0.506 e. The van der Waals surface area contributed by atoms with Crippen LogP contribution in [0.15, 0.2) is 60.0 Å². The molecule has 9 heteroatoms. The normalized spacial score (nSPS) is 11.0. The summed E-state index contributed by atoms with van der Waals surface area (Å²) in [5.74, 6) is 0.180. The third-order valence-electron chi connectivity index (χ3n) is 3.10. The van der Waals surface area contributed by atoms with Gasteiger partial charge in [-0.15, -0.1) is 18.3 Å². The van der Waals surface area contributed by atoms with Crippen LogP contribution < -0.4 is 10.0 Å². The number of hydrogen-bond donors (Lipinski definition) is 3. The van der Waals surface area contributed by atoms with Gasteiger partial charge in [-0.3, -0.25) is 9.52 Å². The van der Waals surface area contributed by atoms with Gasteiger partial charge in [0.05, 0.1) is 22.0 Å². The molecule has 0 saturated heterocycles. The Balaban J connectivity index is 2.19. The van der Waals surface area contributed by atoms with E-state index in [1.54, 1.807) is 24.3 Å². The second kappa shape index (κ2) is 8.98. The molecule has 138 valence electrons. The van der Waals surface area contributed by atoms with E-state index in [0.29, 0.717) is 16.5 Å². The number of thioether (sulfide) groups is 1. The van der Waals surface area contributed by atoms with Gasteiger partial charge in [-0.25, -0.2) is 8.42 Å². The van der Waals surface area contributed by atoms with Crippen molar-refractivity contribution in [2.45, 2.75) is 4.90 Å². The first kappa shape index (κ1) is 20.2. The topological polar surface area (TPSA) is 95.5 Å². The van der Waals surface area contributed by atoms with E-state index in [-0.39, 0.29) is 28.0 Å². The maximum atomic E-state index is 12.5. The summed E-state index contributed by atoms with van der Waals surface area (Å²) >= 11 is 7.20. The van der Waals surface area contributed by atoms with Crippen LogP contribution in [0.25, 0.3) is 0 Å². The quantitative estimate of drug-likeness (QED) is 0.349. The Hall–Kier alpha value is -2.16. The number of benzene rings is 2. The fourth-order valence-corrected chi connectivity index (χ4v) is 3.78. The van der Waals surface area contributed by atoms with Crippen molar-refractivity contribution >= 4 is 50.7 Å². The zero-order chi connectivity index (χ0) is 19.2. The third-order valence-corrected chi connectivity index (χ3v) is 5.65. The Kier molecular flexibility index (Phi) is 6.96. The maximum absolute atomic E-state index is 12.5. The van der Waals surface area contributed by atoms with Gasteiger partial charge in [0.25, 0.3) is 10.0 Å². The van der Waals surface area contributed by atoms with Gasteiger partial charge in [0.15, 0.2) is 0 Å². The van der Waals surface area contributed by atoms with Crippen molar-refractivity contribution in [2.24, 2.45) is 0 Å². The zero-order valence-corrected chi connectivity index (χ0v) is 16.0. The van der Waals surface area contributed by atoms with Crippen molar-refractivity contribution < 1.29 is 18.3 Å². The average Bonchev–Trinajstić information content (AvgIpc) is 2.56. The van der Waals surface area contributed by atoms with Gasteiger partial charge in [-0.1, -0.05) is 23.7 Å². The van der Waals surface area contributed by atoms with Crippen LogP contribution in [-0.2, 0) is 14.8 Å². The molecule has 0 aliphatic carbocycles. The second-order valence-corrected chi connectivity index (χ2v) is 8.30. The van der Waals surface area contributed by atoms with Crippen LogP contribution >= 0.6 is 23.4 Å². The number of phenols is 1. The minimum Gasteiger partial charge on any atom is -0.506 e. The van der Waals surface area contributed by atoms with E-state index in [1.165, 1.54) is 36.0 Å². The van der Waals surface area contributed by atoms with Crippen LogP contribution in [0.1, 0.15) is 0 Å². The lowest BCUT2D eigenvalue weighted by molar-refractivity contribution is -0.113. The van der Waals surface area contributed by atoms with Gasteiger partial charge in [-0.2, -0.15) is 0 Å². The highest BCUT2D eigenvalue weighted by Gasteiger charge is 2.17. The summed E-state index contributed by atoms with van der Waals surface area (Å²) in [5, 5.41) is 12.8. The first-order valence-corrected chi connectivity index (χ1v) is 10.4. The van der Waals surface area contributed by atoms with E-state index in [2.05, 4.69) is 16.6 Å². The van der Waals surface area contributed by atoms with Gasteiger partial charge in [0.2, 0.25) is 5.91 Å². The van der Waals surface area contributed by atoms with Crippen molar-refractivity contribution in [3.63, 3.8) is 0 Å².